The molecule has 2 atom stereocenters. The number of hydrogen-bond donors (Lipinski definition) is 1. The summed E-state index contributed by atoms with van der Waals surface area (Å²) in [4.78, 5) is 20.1. The number of amides is 1. The Hall–Kier alpha value is -2.14. The number of aryl methyl sites for hydroxylation is 1. The summed E-state index contributed by atoms with van der Waals surface area (Å²) in [5.74, 6) is 1.75. The molecule has 3 heterocycles. The van der Waals surface area contributed by atoms with Gasteiger partial charge in [0.05, 0.1) is 5.69 Å². The maximum absolute atomic E-state index is 13.3. The first kappa shape index (κ1) is 20.7. The van der Waals surface area contributed by atoms with Gasteiger partial charge >= 0.3 is 0 Å². The van der Waals surface area contributed by atoms with Crippen LogP contribution >= 0.6 is 0 Å². The number of rotatable bonds is 6. The molecule has 2 fully saturated rings. The van der Waals surface area contributed by atoms with Crippen molar-refractivity contribution in [2.24, 2.45) is 17.3 Å². The topological polar surface area (TPSA) is 49.6 Å². The molecular formula is C26H36N4O. The molecule has 1 saturated heterocycles. The van der Waals surface area contributed by atoms with Crippen molar-refractivity contribution < 1.29 is 4.79 Å². The van der Waals surface area contributed by atoms with Crippen molar-refractivity contribution in [2.45, 2.75) is 65.8 Å². The lowest BCUT2D eigenvalue weighted by molar-refractivity contribution is -0.00815. The first-order valence-electron chi connectivity index (χ1n) is 12.1. The van der Waals surface area contributed by atoms with Gasteiger partial charge in [0.1, 0.15) is 5.65 Å². The van der Waals surface area contributed by atoms with E-state index in [1.54, 1.807) is 5.57 Å². The van der Waals surface area contributed by atoms with Crippen LogP contribution in [0.1, 0.15) is 74.1 Å². The van der Waals surface area contributed by atoms with Crippen molar-refractivity contribution in [1.29, 1.82) is 0 Å². The summed E-state index contributed by atoms with van der Waals surface area (Å²) in [7, 11) is 0. The molecular weight excluding hydrogens is 384 g/mol. The molecule has 0 aromatic carbocycles. The highest BCUT2D eigenvalue weighted by atomic mass is 16.2. The lowest BCUT2D eigenvalue weighted by Crippen LogP contribution is -2.48. The van der Waals surface area contributed by atoms with Crippen LogP contribution in [0.25, 0.3) is 5.65 Å². The Morgan fingerprint density at radius 1 is 1.26 bits per heavy atom. The quantitative estimate of drug-likeness (QED) is 0.542. The number of nitrogens with zero attached hydrogens (tertiary/aromatic N) is 3. The second-order valence-corrected chi connectivity index (χ2v) is 10.4. The summed E-state index contributed by atoms with van der Waals surface area (Å²) >= 11 is 0. The first-order valence-corrected chi connectivity index (χ1v) is 12.1. The molecule has 0 radical (unpaired) electrons. The number of carbonyl (C=O) groups excluding carboxylic acids is 1. The van der Waals surface area contributed by atoms with Gasteiger partial charge < -0.3 is 14.6 Å². The van der Waals surface area contributed by atoms with Crippen molar-refractivity contribution in [3.63, 3.8) is 0 Å². The fraction of sp³-hybridized carbons (Fsp3) is 0.615. The van der Waals surface area contributed by atoms with E-state index in [-0.39, 0.29) is 5.91 Å². The number of carbonyl (C=O) groups is 1. The highest BCUT2D eigenvalue weighted by molar-refractivity contribution is 5.94. The molecule has 31 heavy (non-hydrogen) atoms. The van der Waals surface area contributed by atoms with Crippen LogP contribution in [0.2, 0.25) is 0 Å². The fourth-order valence-corrected chi connectivity index (χ4v) is 6.04. The lowest BCUT2D eigenvalue weighted by Gasteiger charge is -2.56. The second-order valence-electron chi connectivity index (χ2n) is 10.4. The summed E-state index contributed by atoms with van der Waals surface area (Å²) in [6.45, 7) is 10.3. The number of allylic oxidation sites excluding steroid dienone is 1. The minimum absolute atomic E-state index is 0.0943. The Bertz CT molecular complexity index is 1010. The van der Waals surface area contributed by atoms with E-state index in [9.17, 15) is 4.79 Å². The Kier molecular flexibility index (Phi) is 5.41. The molecule has 3 aliphatic carbocycles. The smallest absolute Gasteiger partial charge is 0.274 e. The van der Waals surface area contributed by atoms with Crippen molar-refractivity contribution in [3.05, 3.63) is 46.9 Å². The van der Waals surface area contributed by atoms with Gasteiger partial charge in [-0.1, -0.05) is 31.6 Å². The van der Waals surface area contributed by atoms with Crippen LogP contribution in [0.4, 0.5) is 0 Å². The highest BCUT2D eigenvalue weighted by Gasteiger charge is 2.50. The van der Waals surface area contributed by atoms with Crippen LogP contribution in [0.15, 0.2) is 30.0 Å². The van der Waals surface area contributed by atoms with Gasteiger partial charge in [0.25, 0.3) is 5.91 Å². The van der Waals surface area contributed by atoms with Gasteiger partial charge in [-0.3, -0.25) is 4.79 Å². The maximum Gasteiger partial charge on any atom is 0.274 e. The van der Waals surface area contributed by atoms with E-state index in [0.29, 0.717) is 17.7 Å². The van der Waals surface area contributed by atoms with Crippen LogP contribution in [0.5, 0.6) is 0 Å². The monoisotopic (exact) mass is 420 g/mol. The molecule has 1 amide bonds. The van der Waals surface area contributed by atoms with Crippen molar-refractivity contribution in [1.82, 2.24) is 19.6 Å². The molecule has 4 aliphatic rings. The molecule has 5 nitrogen and oxygen atoms in total. The minimum atomic E-state index is 0.0943. The number of imidazole rings is 1. The van der Waals surface area contributed by atoms with Gasteiger partial charge in [0.15, 0.2) is 5.69 Å². The van der Waals surface area contributed by atoms with Gasteiger partial charge in [-0.15, -0.1) is 0 Å². The third kappa shape index (κ3) is 3.61. The van der Waals surface area contributed by atoms with Gasteiger partial charge in [0, 0.05) is 25.8 Å². The van der Waals surface area contributed by atoms with Crippen LogP contribution in [0, 0.1) is 24.2 Å². The highest BCUT2D eigenvalue weighted by Crippen LogP contribution is 2.59. The average molecular weight is 421 g/mol. The number of likely N-dealkylation sites (tertiary alicyclic amines) is 1. The van der Waals surface area contributed by atoms with Gasteiger partial charge in [-0.05, 0) is 80.9 Å². The zero-order chi connectivity index (χ0) is 21.6. The van der Waals surface area contributed by atoms with Crippen molar-refractivity contribution >= 4 is 11.6 Å². The average Bonchev–Trinajstić information content (AvgIpc) is 3.16. The standard InChI is InChI=1S/C26H36N4O/c1-18-8-7-15-30-22(23(28-24(18)30)25(31)29-13-5-4-6-14-29)17-27-12-11-19-9-10-20-16-21(19)26(20,2)3/h7-9,15,20-21,27H,4-6,10-14,16-17H2,1-3H3/t20-,21-/m0/s1. The van der Waals surface area contributed by atoms with E-state index in [1.165, 1.54) is 19.3 Å². The second kappa shape index (κ2) is 8.09. The van der Waals surface area contributed by atoms with Gasteiger partial charge in [-0.25, -0.2) is 4.98 Å². The van der Waals surface area contributed by atoms with E-state index in [4.69, 9.17) is 4.98 Å². The fourth-order valence-electron chi connectivity index (χ4n) is 6.04. The summed E-state index contributed by atoms with van der Waals surface area (Å²) in [5.41, 5.74) is 5.75. The number of hydrogen-bond acceptors (Lipinski definition) is 3. The SMILES string of the molecule is Cc1cccn2c(CNCCC3=CC[C@H]4C[C@@H]3C4(C)C)c(C(=O)N3CCCCC3)nc12. The molecule has 6 rings (SSSR count). The summed E-state index contributed by atoms with van der Waals surface area (Å²) < 4.78 is 2.11. The summed E-state index contributed by atoms with van der Waals surface area (Å²) in [5, 5.41) is 3.64. The third-order valence-electron chi connectivity index (χ3n) is 8.26. The maximum atomic E-state index is 13.3. The molecule has 0 unspecified atom stereocenters. The Morgan fingerprint density at radius 3 is 2.81 bits per heavy atom. The van der Waals surface area contributed by atoms with Crippen LogP contribution < -0.4 is 5.32 Å². The van der Waals surface area contributed by atoms with Crippen LogP contribution in [-0.2, 0) is 6.54 Å². The molecule has 2 bridgehead atoms. The molecule has 166 valence electrons. The zero-order valence-corrected chi connectivity index (χ0v) is 19.3. The minimum Gasteiger partial charge on any atom is -0.337 e. The van der Waals surface area contributed by atoms with Crippen molar-refractivity contribution in [2.75, 3.05) is 19.6 Å². The molecule has 2 aromatic rings. The summed E-state index contributed by atoms with van der Waals surface area (Å²) in [6.07, 6.45) is 11.7. The zero-order valence-electron chi connectivity index (χ0n) is 19.3. The number of piperidine rings is 1. The molecule has 1 N–H and O–H groups in total. The molecule has 5 heteroatoms. The van der Waals surface area contributed by atoms with E-state index in [1.807, 2.05) is 17.2 Å². The molecule has 1 saturated carbocycles. The Balaban J connectivity index is 1.31. The number of aromatic nitrogens is 2. The summed E-state index contributed by atoms with van der Waals surface area (Å²) in [6, 6.07) is 4.11. The number of nitrogens with one attached hydrogen (secondary N) is 1. The first-order chi connectivity index (χ1) is 15.0. The van der Waals surface area contributed by atoms with Crippen LogP contribution in [0.3, 0.4) is 0 Å². The normalized spacial score (nSPS) is 24.7. The predicted molar refractivity (Wildman–Crippen MR) is 124 cm³/mol. The number of pyridine rings is 1. The van der Waals surface area contributed by atoms with E-state index in [2.05, 4.69) is 42.6 Å². The molecule has 2 aromatic heterocycles. The number of fused-ring (bicyclic) bond motifs is 2. The van der Waals surface area contributed by atoms with Gasteiger partial charge in [0.2, 0.25) is 0 Å². The van der Waals surface area contributed by atoms with Crippen molar-refractivity contribution in [3.8, 4) is 0 Å². The third-order valence-corrected chi connectivity index (χ3v) is 8.26. The Morgan fingerprint density at radius 2 is 2.06 bits per heavy atom. The van der Waals surface area contributed by atoms with E-state index in [0.717, 1.165) is 67.6 Å². The lowest BCUT2D eigenvalue weighted by atomic mass is 9.48. The Labute approximate surface area is 185 Å². The molecule has 0 spiro atoms. The van der Waals surface area contributed by atoms with E-state index >= 15 is 0 Å². The molecule has 1 aliphatic heterocycles. The predicted octanol–water partition coefficient (Wildman–Crippen LogP) is 4.74. The van der Waals surface area contributed by atoms with Gasteiger partial charge in [-0.2, -0.15) is 0 Å². The van der Waals surface area contributed by atoms with Crippen LogP contribution in [-0.4, -0.2) is 39.8 Å². The largest absolute Gasteiger partial charge is 0.337 e. The van der Waals surface area contributed by atoms with E-state index < -0.39 is 0 Å².